The topological polar surface area (TPSA) is 72.4 Å². The highest BCUT2D eigenvalue weighted by Gasteiger charge is 2.27. The van der Waals surface area contributed by atoms with Crippen LogP contribution in [-0.2, 0) is 0 Å². The average Bonchev–Trinajstić information content (AvgIpc) is 3.41. The molecule has 0 radical (unpaired) electrons. The second-order valence-corrected chi connectivity index (χ2v) is 7.91. The number of nitrogens with one attached hydrogen (secondary N) is 1. The summed E-state index contributed by atoms with van der Waals surface area (Å²) in [6, 6.07) is 11.2. The molecular formula is C24H27N3O4S. The molecule has 2 aromatic rings. The maximum Gasteiger partial charge on any atom is 0.255 e. The SMILES string of the molecule is CCOc1cc(C(=O)Nc2ccc(C3=CSC4=NCCN34)cc2)cc(OCC)c1OCC. The maximum absolute atomic E-state index is 13.0. The van der Waals surface area contributed by atoms with Gasteiger partial charge in [-0.25, -0.2) is 0 Å². The van der Waals surface area contributed by atoms with E-state index in [4.69, 9.17) is 14.2 Å². The van der Waals surface area contributed by atoms with Crippen LogP contribution in [0.4, 0.5) is 5.69 Å². The number of nitrogens with zero attached hydrogens (tertiary/aromatic N) is 2. The van der Waals surface area contributed by atoms with Gasteiger partial charge < -0.3 is 24.4 Å². The van der Waals surface area contributed by atoms with Crippen molar-refractivity contribution in [2.24, 2.45) is 4.99 Å². The van der Waals surface area contributed by atoms with Crippen molar-refractivity contribution in [3.8, 4) is 17.2 Å². The normalized spacial score (nSPS) is 14.5. The Morgan fingerprint density at radius 3 is 2.31 bits per heavy atom. The first-order chi connectivity index (χ1) is 15.6. The van der Waals surface area contributed by atoms with Crippen LogP contribution in [0.15, 0.2) is 46.8 Å². The number of anilines is 1. The number of ether oxygens (including phenoxy) is 3. The van der Waals surface area contributed by atoms with E-state index in [9.17, 15) is 4.79 Å². The Morgan fingerprint density at radius 1 is 1.03 bits per heavy atom. The van der Waals surface area contributed by atoms with Crippen LogP contribution in [0.1, 0.15) is 36.7 Å². The van der Waals surface area contributed by atoms with Crippen LogP contribution in [0.25, 0.3) is 5.70 Å². The molecule has 0 atom stereocenters. The molecule has 0 unspecified atom stereocenters. The highest BCUT2D eigenvalue weighted by Crippen LogP contribution is 2.39. The fraction of sp³-hybridized carbons (Fsp3) is 0.333. The molecule has 0 saturated heterocycles. The van der Waals surface area contributed by atoms with E-state index in [1.807, 2.05) is 45.0 Å². The molecule has 0 fully saturated rings. The summed E-state index contributed by atoms with van der Waals surface area (Å²) in [6.45, 7) is 8.80. The number of carbonyl (C=O) groups is 1. The minimum atomic E-state index is -0.243. The van der Waals surface area contributed by atoms with Crippen LogP contribution in [0.5, 0.6) is 17.2 Å². The number of thioether (sulfide) groups is 1. The molecule has 7 nitrogen and oxygen atoms in total. The third kappa shape index (κ3) is 4.55. The summed E-state index contributed by atoms with van der Waals surface area (Å²) in [5.41, 5.74) is 3.40. The lowest BCUT2D eigenvalue weighted by Crippen LogP contribution is -2.19. The van der Waals surface area contributed by atoms with Crippen molar-refractivity contribution in [3.05, 3.63) is 52.9 Å². The van der Waals surface area contributed by atoms with E-state index in [0.29, 0.717) is 48.3 Å². The summed E-state index contributed by atoms with van der Waals surface area (Å²) >= 11 is 1.65. The molecule has 0 aromatic heterocycles. The molecule has 2 heterocycles. The van der Waals surface area contributed by atoms with Crippen LogP contribution in [-0.4, -0.2) is 48.9 Å². The van der Waals surface area contributed by atoms with Gasteiger partial charge in [-0.1, -0.05) is 23.9 Å². The molecule has 0 bridgehead atoms. The number of fused-ring (bicyclic) bond motifs is 1. The summed E-state index contributed by atoms with van der Waals surface area (Å²) < 4.78 is 17.2. The molecule has 2 aromatic carbocycles. The number of amidine groups is 1. The number of hydrogen-bond donors (Lipinski definition) is 1. The van der Waals surface area contributed by atoms with Gasteiger partial charge in [0.25, 0.3) is 5.91 Å². The molecule has 1 N–H and O–H groups in total. The smallest absolute Gasteiger partial charge is 0.255 e. The first-order valence-corrected chi connectivity index (χ1v) is 11.7. The molecule has 2 aliphatic heterocycles. The fourth-order valence-electron chi connectivity index (χ4n) is 3.59. The number of hydrogen-bond acceptors (Lipinski definition) is 7. The molecule has 0 aliphatic carbocycles. The molecular weight excluding hydrogens is 426 g/mol. The molecule has 4 rings (SSSR count). The fourth-order valence-corrected chi connectivity index (χ4v) is 4.56. The quantitative estimate of drug-likeness (QED) is 0.585. The third-order valence-corrected chi connectivity index (χ3v) is 5.88. The van der Waals surface area contributed by atoms with Crippen LogP contribution in [0, 0.1) is 0 Å². The number of benzene rings is 2. The van der Waals surface area contributed by atoms with E-state index in [1.165, 1.54) is 0 Å². The minimum absolute atomic E-state index is 0.243. The Kier molecular flexibility index (Phi) is 6.90. The van der Waals surface area contributed by atoms with Crippen molar-refractivity contribution in [2.75, 3.05) is 38.2 Å². The van der Waals surface area contributed by atoms with Crippen LogP contribution in [0.3, 0.4) is 0 Å². The van der Waals surface area contributed by atoms with Crippen molar-refractivity contribution in [3.63, 3.8) is 0 Å². The Hall–Kier alpha value is -3.13. The van der Waals surface area contributed by atoms with E-state index in [-0.39, 0.29) is 5.91 Å². The van der Waals surface area contributed by atoms with Gasteiger partial charge in [0.1, 0.15) is 0 Å². The Labute approximate surface area is 192 Å². The second-order valence-electron chi connectivity index (χ2n) is 7.07. The Morgan fingerprint density at radius 2 is 1.69 bits per heavy atom. The van der Waals surface area contributed by atoms with Crippen molar-refractivity contribution in [1.29, 1.82) is 0 Å². The highest BCUT2D eigenvalue weighted by atomic mass is 32.2. The number of carbonyl (C=O) groups excluding carboxylic acids is 1. The van der Waals surface area contributed by atoms with E-state index in [2.05, 4.69) is 20.6 Å². The van der Waals surface area contributed by atoms with E-state index in [0.717, 1.165) is 29.5 Å². The zero-order chi connectivity index (χ0) is 22.5. The van der Waals surface area contributed by atoms with Gasteiger partial charge in [-0.2, -0.15) is 0 Å². The van der Waals surface area contributed by atoms with Crippen LogP contribution >= 0.6 is 11.8 Å². The number of rotatable bonds is 9. The molecule has 32 heavy (non-hydrogen) atoms. The molecule has 168 valence electrons. The zero-order valence-electron chi connectivity index (χ0n) is 18.5. The molecule has 1 amide bonds. The van der Waals surface area contributed by atoms with E-state index in [1.54, 1.807) is 23.9 Å². The monoisotopic (exact) mass is 453 g/mol. The van der Waals surface area contributed by atoms with Gasteiger partial charge in [-0.05, 0) is 50.6 Å². The highest BCUT2D eigenvalue weighted by molar-refractivity contribution is 8.16. The zero-order valence-corrected chi connectivity index (χ0v) is 19.3. The lowest BCUT2D eigenvalue weighted by atomic mass is 10.1. The number of aliphatic imine (C=N–C) groups is 1. The largest absolute Gasteiger partial charge is 0.490 e. The molecule has 2 aliphatic rings. The van der Waals surface area contributed by atoms with Crippen molar-refractivity contribution in [2.45, 2.75) is 20.8 Å². The summed E-state index contributed by atoms with van der Waals surface area (Å²) in [7, 11) is 0. The summed E-state index contributed by atoms with van der Waals surface area (Å²) in [4.78, 5) is 19.7. The summed E-state index contributed by atoms with van der Waals surface area (Å²) in [5, 5.41) is 6.14. The van der Waals surface area contributed by atoms with Gasteiger partial charge in [0.05, 0.1) is 32.1 Å². The molecule has 8 heteroatoms. The second kappa shape index (κ2) is 9.99. The standard InChI is InChI=1S/C24H27N3O4S/c1-4-29-20-13-17(14-21(30-5-2)22(20)31-6-3)23(28)26-18-9-7-16(8-10-18)19-15-32-24-25-11-12-27(19)24/h7-10,13-15H,4-6,11-12H2,1-3H3,(H,26,28). The van der Waals surface area contributed by atoms with Crippen molar-refractivity contribution in [1.82, 2.24) is 4.90 Å². The van der Waals surface area contributed by atoms with Gasteiger partial charge in [-0.3, -0.25) is 9.79 Å². The number of amides is 1. The van der Waals surface area contributed by atoms with Crippen LogP contribution in [0.2, 0.25) is 0 Å². The predicted octanol–water partition coefficient (Wildman–Crippen LogP) is 4.85. The molecule has 0 saturated carbocycles. The van der Waals surface area contributed by atoms with Gasteiger partial charge in [0, 0.05) is 23.2 Å². The molecule has 0 spiro atoms. The predicted molar refractivity (Wildman–Crippen MR) is 129 cm³/mol. The van der Waals surface area contributed by atoms with Gasteiger partial charge >= 0.3 is 0 Å². The summed E-state index contributed by atoms with van der Waals surface area (Å²) in [5.74, 6) is 1.26. The Balaban J connectivity index is 1.52. The van der Waals surface area contributed by atoms with E-state index >= 15 is 0 Å². The van der Waals surface area contributed by atoms with Crippen molar-refractivity contribution < 1.29 is 19.0 Å². The first kappa shape index (κ1) is 22.1. The van der Waals surface area contributed by atoms with Gasteiger partial charge in [0.2, 0.25) is 5.75 Å². The maximum atomic E-state index is 13.0. The van der Waals surface area contributed by atoms with Crippen LogP contribution < -0.4 is 19.5 Å². The average molecular weight is 454 g/mol. The van der Waals surface area contributed by atoms with E-state index < -0.39 is 0 Å². The lowest BCUT2D eigenvalue weighted by molar-refractivity contribution is 0.102. The first-order valence-electron chi connectivity index (χ1n) is 10.8. The Bertz CT molecular complexity index is 1020. The third-order valence-electron chi connectivity index (χ3n) is 4.98. The minimum Gasteiger partial charge on any atom is -0.490 e. The van der Waals surface area contributed by atoms with Gasteiger partial charge in [0.15, 0.2) is 16.7 Å². The van der Waals surface area contributed by atoms with Crippen molar-refractivity contribution >= 4 is 34.2 Å². The lowest BCUT2D eigenvalue weighted by Gasteiger charge is -2.18. The summed E-state index contributed by atoms with van der Waals surface area (Å²) in [6.07, 6.45) is 0. The van der Waals surface area contributed by atoms with Gasteiger partial charge in [-0.15, -0.1) is 0 Å².